The average molecular weight is 389 g/mol. The van der Waals surface area contributed by atoms with Crippen molar-refractivity contribution in [1.82, 2.24) is 5.32 Å². The summed E-state index contributed by atoms with van der Waals surface area (Å²) in [6.07, 6.45) is 0. The Morgan fingerprint density at radius 1 is 1.00 bits per heavy atom. The van der Waals surface area contributed by atoms with Crippen LogP contribution in [0.15, 0.2) is 76.0 Å². The van der Waals surface area contributed by atoms with Crippen LogP contribution in [0.3, 0.4) is 0 Å². The van der Waals surface area contributed by atoms with Crippen LogP contribution in [-0.2, 0) is 0 Å². The largest absolute Gasteiger partial charge is 0.497 e. The van der Waals surface area contributed by atoms with Crippen LogP contribution in [0.2, 0.25) is 0 Å². The summed E-state index contributed by atoms with van der Waals surface area (Å²) < 4.78 is 5.27. The minimum Gasteiger partial charge on any atom is -0.497 e. The van der Waals surface area contributed by atoms with Crippen LogP contribution < -0.4 is 10.1 Å². The number of aliphatic imine (C=N–C) groups is 2. The number of benzene rings is 2. The lowest BCUT2D eigenvalue weighted by molar-refractivity contribution is 0.0980. The van der Waals surface area contributed by atoms with Gasteiger partial charge in [0.2, 0.25) is 0 Å². The highest BCUT2D eigenvalue weighted by Gasteiger charge is 2.27. The number of fused-ring (bicyclic) bond motifs is 1. The fraction of sp³-hybridized carbons (Fsp3) is 0.136. The first-order valence-electron chi connectivity index (χ1n) is 8.87. The zero-order valence-electron chi connectivity index (χ0n) is 15.5. The zero-order valence-corrected chi connectivity index (χ0v) is 16.4. The predicted octanol–water partition coefficient (Wildman–Crippen LogP) is 5.11. The van der Waals surface area contributed by atoms with Crippen LogP contribution in [-0.4, -0.2) is 24.6 Å². The molecule has 0 unspecified atom stereocenters. The quantitative estimate of drug-likeness (QED) is 0.677. The van der Waals surface area contributed by atoms with E-state index in [0.29, 0.717) is 10.7 Å². The molecule has 4 rings (SSSR count). The molecule has 0 bridgehead atoms. The summed E-state index contributed by atoms with van der Waals surface area (Å²) in [5.41, 5.74) is 3.37. The summed E-state index contributed by atoms with van der Waals surface area (Å²) in [5, 5.41) is 4.90. The van der Waals surface area contributed by atoms with Gasteiger partial charge in [0.1, 0.15) is 11.6 Å². The molecule has 1 N–H and O–H groups in total. The first-order chi connectivity index (χ1) is 13.7. The lowest BCUT2D eigenvalue weighted by Gasteiger charge is -2.19. The molecule has 1 amide bonds. The minimum atomic E-state index is -0.262. The van der Waals surface area contributed by atoms with E-state index in [2.05, 4.69) is 5.32 Å². The van der Waals surface area contributed by atoms with Crippen molar-refractivity contribution in [2.45, 2.75) is 12.8 Å². The number of ether oxygens (including phenoxy) is 1. The average Bonchev–Trinajstić information content (AvgIpc) is 3.21. The third kappa shape index (κ3) is 3.59. The third-order valence-electron chi connectivity index (χ3n) is 4.55. The predicted molar refractivity (Wildman–Crippen MR) is 114 cm³/mol. The molecule has 3 aromatic rings. The maximum absolute atomic E-state index is 12.7. The molecule has 5 nitrogen and oxygen atoms in total. The molecular formula is C22H19N3O2S. The van der Waals surface area contributed by atoms with Gasteiger partial charge in [0.25, 0.3) is 5.91 Å². The molecule has 2 aromatic carbocycles. The monoisotopic (exact) mass is 389 g/mol. The van der Waals surface area contributed by atoms with E-state index >= 15 is 0 Å². The van der Waals surface area contributed by atoms with Crippen LogP contribution in [0.1, 0.15) is 28.1 Å². The van der Waals surface area contributed by atoms with Gasteiger partial charge in [-0.2, -0.15) is 0 Å². The van der Waals surface area contributed by atoms with Crippen molar-refractivity contribution >= 4 is 40.2 Å². The number of para-hydroxylation sites is 2. The molecule has 0 spiro atoms. The second-order valence-electron chi connectivity index (χ2n) is 6.38. The Balaban J connectivity index is 1.79. The number of methoxy groups -OCH3 is 1. The molecule has 1 aliphatic rings. The van der Waals surface area contributed by atoms with Gasteiger partial charge in [0.15, 0.2) is 0 Å². The summed E-state index contributed by atoms with van der Waals surface area (Å²) in [6, 6.07) is 19.1. The highest BCUT2D eigenvalue weighted by atomic mass is 32.1. The Kier molecular flexibility index (Phi) is 5.04. The fourth-order valence-corrected chi connectivity index (χ4v) is 3.80. The molecule has 0 radical (unpaired) electrons. The van der Waals surface area contributed by atoms with E-state index in [1.54, 1.807) is 13.2 Å². The number of carbonyl (C=O) groups is 1. The Labute approximate surface area is 167 Å². The van der Waals surface area contributed by atoms with Gasteiger partial charge in [-0.15, -0.1) is 11.3 Å². The Bertz CT molecular complexity index is 1050. The van der Waals surface area contributed by atoms with Crippen LogP contribution in [0, 0.1) is 0 Å². The molecule has 0 saturated carbocycles. The SMILES string of the molecule is COc1ccc([C@@H]2C(C)=Nc3ccccc3N=C2NC(=O)c2cccs2)cc1. The highest BCUT2D eigenvalue weighted by Crippen LogP contribution is 2.34. The maximum atomic E-state index is 12.7. The van der Waals surface area contributed by atoms with E-state index in [1.165, 1.54) is 11.3 Å². The van der Waals surface area contributed by atoms with Crippen molar-refractivity contribution in [2.75, 3.05) is 7.11 Å². The molecule has 1 aliphatic heterocycles. The number of rotatable bonds is 3. The summed E-state index contributed by atoms with van der Waals surface area (Å²) in [5.74, 6) is 0.910. The molecule has 6 heteroatoms. The van der Waals surface area contributed by atoms with Gasteiger partial charge in [-0.25, -0.2) is 4.99 Å². The number of nitrogens with one attached hydrogen (secondary N) is 1. The van der Waals surface area contributed by atoms with Crippen molar-refractivity contribution in [3.05, 3.63) is 76.5 Å². The topological polar surface area (TPSA) is 63.1 Å². The minimum absolute atomic E-state index is 0.167. The third-order valence-corrected chi connectivity index (χ3v) is 5.41. The molecular weight excluding hydrogens is 370 g/mol. The van der Waals surface area contributed by atoms with Crippen LogP contribution >= 0.6 is 11.3 Å². The van der Waals surface area contributed by atoms with Crippen molar-refractivity contribution in [1.29, 1.82) is 0 Å². The Morgan fingerprint density at radius 3 is 2.36 bits per heavy atom. The molecule has 0 aliphatic carbocycles. The maximum Gasteiger partial charge on any atom is 0.266 e. The molecule has 1 aromatic heterocycles. The first kappa shape index (κ1) is 18.1. The van der Waals surface area contributed by atoms with E-state index < -0.39 is 0 Å². The lowest BCUT2D eigenvalue weighted by Crippen LogP contribution is -2.36. The summed E-state index contributed by atoms with van der Waals surface area (Å²) in [4.78, 5) is 22.9. The first-order valence-corrected chi connectivity index (χ1v) is 9.75. The van der Waals surface area contributed by atoms with Gasteiger partial charge in [-0.05, 0) is 48.2 Å². The lowest BCUT2D eigenvalue weighted by atomic mass is 9.93. The van der Waals surface area contributed by atoms with Crippen LogP contribution in [0.4, 0.5) is 11.4 Å². The number of hydrogen-bond acceptors (Lipinski definition) is 5. The van der Waals surface area contributed by atoms with Crippen molar-refractivity contribution in [2.24, 2.45) is 9.98 Å². The summed E-state index contributed by atoms with van der Waals surface area (Å²) in [7, 11) is 1.64. The van der Waals surface area contributed by atoms with Gasteiger partial charge in [0, 0.05) is 5.71 Å². The molecule has 1 atom stereocenters. The summed E-state index contributed by atoms with van der Waals surface area (Å²) >= 11 is 1.40. The molecule has 2 heterocycles. The van der Waals surface area contributed by atoms with Crippen molar-refractivity contribution in [3.63, 3.8) is 0 Å². The van der Waals surface area contributed by atoms with Crippen LogP contribution in [0.25, 0.3) is 0 Å². The number of nitrogens with zero attached hydrogens (tertiary/aromatic N) is 2. The van der Waals surface area contributed by atoms with Gasteiger partial charge in [-0.3, -0.25) is 9.79 Å². The van der Waals surface area contributed by atoms with Crippen molar-refractivity contribution in [3.8, 4) is 5.75 Å². The van der Waals surface area contributed by atoms with Gasteiger partial charge >= 0.3 is 0 Å². The number of hydrogen-bond donors (Lipinski definition) is 1. The summed E-state index contributed by atoms with van der Waals surface area (Å²) in [6.45, 7) is 1.96. The molecule has 28 heavy (non-hydrogen) atoms. The van der Waals surface area contributed by atoms with Gasteiger partial charge in [-0.1, -0.05) is 30.3 Å². The highest BCUT2D eigenvalue weighted by molar-refractivity contribution is 7.12. The molecule has 0 saturated heterocycles. The zero-order chi connectivity index (χ0) is 19.5. The van der Waals surface area contributed by atoms with Gasteiger partial charge < -0.3 is 10.1 Å². The molecule has 0 fully saturated rings. The Morgan fingerprint density at radius 2 is 1.71 bits per heavy atom. The van der Waals surface area contributed by atoms with E-state index in [1.807, 2.05) is 66.9 Å². The number of carbonyl (C=O) groups excluding carboxylic acids is 1. The second-order valence-corrected chi connectivity index (χ2v) is 7.32. The number of amidine groups is 1. The van der Waals surface area contributed by atoms with Crippen molar-refractivity contribution < 1.29 is 9.53 Å². The van der Waals surface area contributed by atoms with Gasteiger partial charge in [0.05, 0.1) is 29.3 Å². The smallest absolute Gasteiger partial charge is 0.266 e. The molecule has 140 valence electrons. The van der Waals surface area contributed by atoms with E-state index in [-0.39, 0.29) is 11.8 Å². The number of amides is 1. The Hall–Kier alpha value is -3.25. The normalized spacial score (nSPS) is 15.7. The second kappa shape index (κ2) is 7.78. The number of thiophene rings is 1. The van der Waals surface area contributed by atoms with E-state index in [4.69, 9.17) is 14.7 Å². The van der Waals surface area contributed by atoms with Crippen LogP contribution in [0.5, 0.6) is 5.75 Å². The fourth-order valence-electron chi connectivity index (χ4n) is 3.18. The standard InChI is InChI=1S/C22H19N3O2S/c1-14-20(15-9-11-16(27-2)12-10-15)21(25-22(26)19-8-5-13-28-19)24-18-7-4-3-6-17(18)23-14/h3-13,20H,1-2H3,(H,24,25,26)/t20-/m0/s1. The van der Waals surface area contributed by atoms with E-state index in [0.717, 1.165) is 28.4 Å². The van der Waals surface area contributed by atoms with E-state index in [9.17, 15) is 4.79 Å².